The number of nitrogens with one attached hydrogen (secondary N) is 1. The Hall–Kier alpha value is -2.41. The molecule has 1 aliphatic carbocycles. The number of hydrogen-bond donors (Lipinski definition) is 2. The molecule has 2 fully saturated rings. The molecular formula is C17H20N4O3. The van der Waals surface area contributed by atoms with Crippen LogP contribution in [0.25, 0.3) is 0 Å². The number of nitrogens with two attached hydrogens (primary N) is 1. The molecule has 1 unspecified atom stereocenters. The first-order chi connectivity index (χ1) is 11.5. The molecule has 0 bridgehead atoms. The minimum absolute atomic E-state index is 0.0528. The van der Waals surface area contributed by atoms with Gasteiger partial charge in [-0.3, -0.25) is 14.4 Å². The number of carbonyl (C=O) groups is 3. The molecule has 1 spiro atoms. The van der Waals surface area contributed by atoms with Gasteiger partial charge in [0, 0.05) is 25.7 Å². The minimum atomic E-state index is -0.609. The molecule has 7 heteroatoms. The molecule has 3 N–H and O–H groups in total. The van der Waals surface area contributed by atoms with Gasteiger partial charge in [-0.15, -0.1) is 0 Å². The van der Waals surface area contributed by atoms with Crippen molar-refractivity contribution in [2.24, 2.45) is 5.73 Å². The van der Waals surface area contributed by atoms with Crippen LogP contribution in [0, 0.1) is 0 Å². The molecular weight excluding hydrogens is 308 g/mol. The van der Waals surface area contributed by atoms with E-state index in [2.05, 4.69) is 5.32 Å². The fourth-order valence-electron chi connectivity index (χ4n) is 3.62. The van der Waals surface area contributed by atoms with Gasteiger partial charge in [0.15, 0.2) is 0 Å². The molecule has 1 aromatic rings. The van der Waals surface area contributed by atoms with Gasteiger partial charge in [0.2, 0.25) is 5.91 Å². The van der Waals surface area contributed by atoms with E-state index >= 15 is 0 Å². The van der Waals surface area contributed by atoms with Crippen molar-refractivity contribution in [2.75, 3.05) is 19.6 Å². The van der Waals surface area contributed by atoms with E-state index < -0.39 is 11.8 Å². The van der Waals surface area contributed by atoms with Crippen LogP contribution in [0.2, 0.25) is 0 Å². The van der Waals surface area contributed by atoms with Crippen LogP contribution in [0.3, 0.4) is 0 Å². The third-order valence-corrected chi connectivity index (χ3v) is 5.08. The molecule has 1 saturated heterocycles. The fourth-order valence-corrected chi connectivity index (χ4v) is 3.62. The maximum atomic E-state index is 12.6. The van der Waals surface area contributed by atoms with Crippen molar-refractivity contribution in [3.63, 3.8) is 0 Å². The predicted molar refractivity (Wildman–Crippen MR) is 85.5 cm³/mol. The summed E-state index contributed by atoms with van der Waals surface area (Å²) in [6.45, 7) is 1.05. The molecule has 1 atom stereocenters. The number of fused-ring (bicyclic) bond motifs is 1. The Balaban J connectivity index is 1.50. The summed E-state index contributed by atoms with van der Waals surface area (Å²) in [7, 11) is 0. The lowest BCUT2D eigenvalue weighted by Crippen LogP contribution is -2.60. The van der Waals surface area contributed by atoms with Gasteiger partial charge in [-0.25, -0.2) is 0 Å². The summed E-state index contributed by atoms with van der Waals surface area (Å²) in [5.74, 6) is -1.38. The van der Waals surface area contributed by atoms with E-state index in [1.807, 2.05) is 24.3 Å². The largest absolute Gasteiger partial charge is 0.347 e. The number of nitrogens with zero attached hydrogens (tertiary/aromatic N) is 2. The number of rotatable bonds is 0. The average Bonchev–Trinajstić information content (AvgIpc) is 3.30. The minimum Gasteiger partial charge on any atom is -0.347 e. The summed E-state index contributed by atoms with van der Waals surface area (Å²) in [6, 6.07) is 7.39. The van der Waals surface area contributed by atoms with Crippen LogP contribution in [0.4, 0.5) is 0 Å². The third kappa shape index (κ3) is 2.54. The molecule has 0 radical (unpaired) electrons. The summed E-state index contributed by atoms with van der Waals surface area (Å²) in [5.41, 5.74) is 7.83. The van der Waals surface area contributed by atoms with E-state index in [0.29, 0.717) is 19.6 Å². The smallest absolute Gasteiger partial charge is 0.312 e. The van der Waals surface area contributed by atoms with Crippen LogP contribution >= 0.6 is 0 Å². The maximum absolute atomic E-state index is 12.6. The van der Waals surface area contributed by atoms with Crippen molar-refractivity contribution < 1.29 is 14.4 Å². The Morgan fingerprint density at radius 1 is 1.12 bits per heavy atom. The van der Waals surface area contributed by atoms with Crippen molar-refractivity contribution in [1.82, 2.24) is 15.1 Å². The van der Waals surface area contributed by atoms with Crippen molar-refractivity contribution in [1.29, 1.82) is 0 Å². The Morgan fingerprint density at radius 2 is 1.83 bits per heavy atom. The fraction of sp³-hybridized carbons (Fsp3) is 0.471. The zero-order chi connectivity index (χ0) is 16.9. The molecule has 1 aromatic carbocycles. The predicted octanol–water partition coefficient (Wildman–Crippen LogP) is -0.480. The van der Waals surface area contributed by atoms with Gasteiger partial charge in [-0.2, -0.15) is 0 Å². The molecule has 24 heavy (non-hydrogen) atoms. The van der Waals surface area contributed by atoms with Gasteiger partial charge in [0.05, 0.1) is 5.54 Å². The third-order valence-electron chi connectivity index (χ3n) is 5.08. The van der Waals surface area contributed by atoms with E-state index in [9.17, 15) is 14.4 Å². The number of hydrogen-bond acceptors (Lipinski definition) is 4. The van der Waals surface area contributed by atoms with Crippen LogP contribution in [-0.2, 0) is 20.9 Å². The normalized spacial score (nSPS) is 24.4. The quantitative estimate of drug-likeness (QED) is 0.629. The highest BCUT2D eigenvalue weighted by molar-refractivity contribution is 6.35. The molecule has 1 saturated carbocycles. The zero-order valence-electron chi connectivity index (χ0n) is 13.3. The molecule has 0 aromatic heterocycles. The van der Waals surface area contributed by atoms with Gasteiger partial charge >= 0.3 is 11.8 Å². The number of amides is 3. The van der Waals surface area contributed by atoms with Crippen molar-refractivity contribution in [3.8, 4) is 0 Å². The number of piperazine rings is 1. The Morgan fingerprint density at radius 3 is 2.58 bits per heavy atom. The molecule has 3 amide bonds. The van der Waals surface area contributed by atoms with Crippen LogP contribution in [-0.4, -0.2) is 52.7 Å². The van der Waals surface area contributed by atoms with Crippen LogP contribution in [0.5, 0.6) is 0 Å². The SMILES string of the molecule is NC1CN(C(=O)C(=O)N2CC(=O)NC3(CC3)C2)Cc2ccccc21. The van der Waals surface area contributed by atoms with E-state index in [4.69, 9.17) is 5.73 Å². The Bertz CT molecular complexity index is 728. The first kappa shape index (κ1) is 15.1. The van der Waals surface area contributed by atoms with Crippen molar-refractivity contribution >= 4 is 17.7 Å². The highest BCUT2D eigenvalue weighted by atomic mass is 16.2. The van der Waals surface area contributed by atoms with Gasteiger partial charge in [0.1, 0.15) is 6.54 Å². The number of benzene rings is 1. The maximum Gasteiger partial charge on any atom is 0.312 e. The lowest BCUT2D eigenvalue weighted by atomic mass is 9.96. The van der Waals surface area contributed by atoms with Gasteiger partial charge in [-0.1, -0.05) is 24.3 Å². The summed E-state index contributed by atoms with van der Waals surface area (Å²) >= 11 is 0. The van der Waals surface area contributed by atoms with E-state index in [-0.39, 0.29) is 24.0 Å². The molecule has 3 aliphatic rings. The first-order valence-electron chi connectivity index (χ1n) is 8.20. The standard InChI is InChI=1S/C17H20N4O3/c18-13-8-20(7-11-3-1-2-4-12(11)13)15(23)16(24)21-9-14(22)19-17(10-21)5-6-17/h1-4,13H,5-10,18H2,(H,19,22). The van der Waals surface area contributed by atoms with Gasteiger partial charge in [0.25, 0.3) is 0 Å². The van der Waals surface area contributed by atoms with E-state index in [1.165, 1.54) is 9.80 Å². The molecule has 2 aliphatic heterocycles. The highest BCUT2D eigenvalue weighted by Gasteiger charge is 2.50. The molecule has 7 nitrogen and oxygen atoms in total. The summed E-state index contributed by atoms with van der Waals surface area (Å²) < 4.78 is 0. The zero-order valence-corrected chi connectivity index (χ0v) is 13.3. The summed E-state index contributed by atoms with van der Waals surface area (Å²) in [6.07, 6.45) is 1.72. The van der Waals surface area contributed by atoms with Crippen LogP contribution in [0.15, 0.2) is 24.3 Å². The van der Waals surface area contributed by atoms with Gasteiger partial charge < -0.3 is 20.9 Å². The molecule has 126 valence electrons. The van der Waals surface area contributed by atoms with E-state index in [0.717, 1.165) is 24.0 Å². The topological polar surface area (TPSA) is 95.7 Å². The number of carbonyl (C=O) groups excluding carboxylic acids is 3. The highest BCUT2D eigenvalue weighted by Crippen LogP contribution is 2.37. The first-order valence-corrected chi connectivity index (χ1v) is 8.20. The summed E-state index contributed by atoms with van der Waals surface area (Å²) in [5, 5.41) is 2.91. The lowest BCUT2D eigenvalue weighted by molar-refractivity contribution is -0.155. The van der Waals surface area contributed by atoms with Crippen molar-refractivity contribution in [3.05, 3.63) is 35.4 Å². The Kier molecular flexibility index (Phi) is 3.35. The second-order valence-corrected chi connectivity index (χ2v) is 6.98. The second kappa shape index (κ2) is 5.31. The summed E-state index contributed by atoms with van der Waals surface area (Å²) in [4.78, 5) is 39.9. The average molecular weight is 328 g/mol. The Labute approximate surface area is 139 Å². The van der Waals surface area contributed by atoms with Crippen molar-refractivity contribution in [2.45, 2.75) is 31.0 Å². The second-order valence-electron chi connectivity index (χ2n) is 6.98. The van der Waals surface area contributed by atoms with Crippen LogP contribution in [0.1, 0.15) is 30.0 Å². The van der Waals surface area contributed by atoms with Crippen LogP contribution < -0.4 is 11.1 Å². The monoisotopic (exact) mass is 328 g/mol. The van der Waals surface area contributed by atoms with E-state index in [1.54, 1.807) is 0 Å². The van der Waals surface area contributed by atoms with Gasteiger partial charge in [-0.05, 0) is 24.0 Å². The lowest BCUT2D eigenvalue weighted by Gasteiger charge is -2.36. The molecule has 2 heterocycles. The molecule has 4 rings (SSSR count).